The summed E-state index contributed by atoms with van der Waals surface area (Å²) in [5, 5.41) is 5.03. The fourth-order valence-electron chi connectivity index (χ4n) is 12.3. The van der Waals surface area contributed by atoms with Gasteiger partial charge in [0.2, 0.25) is 0 Å². The van der Waals surface area contributed by atoms with Gasteiger partial charge >= 0.3 is 0 Å². The minimum Gasteiger partial charge on any atom is -0.292 e. The van der Waals surface area contributed by atoms with Crippen molar-refractivity contribution >= 4 is 32.6 Å². The molecule has 2 aliphatic rings. The quantitative estimate of drug-likeness (QED) is 0.146. The van der Waals surface area contributed by atoms with Crippen LogP contribution in [-0.4, -0.2) is 9.55 Å². The number of hydrogen-bond acceptors (Lipinski definition) is 1. The van der Waals surface area contributed by atoms with Gasteiger partial charge in [-0.25, -0.2) is 4.98 Å². The highest BCUT2D eigenvalue weighted by Gasteiger charge is 2.44. The Morgan fingerprint density at radius 2 is 0.786 bits per heavy atom. The van der Waals surface area contributed by atoms with Crippen molar-refractivity contribution in [3.8, 4) is 83.8 Å². The molecule has 0 bridgehead atoms. The summed E-state index contributed by atoms with van der Waals surface area (Å²) in [5.74, 6) is 0.937. The van der Waals surface area contributed by atoms with Crippen molar-refractivity contribution in [1.29, 1.82) is 0 Å². The first-order chi connectivity index (χ1) is 34.7. The van der Waals surface area contributed by atoms with E-state index in [2.05, 4.69) is 247 Å². The van der Waals surface area contributed by atoms with Crippen molar-refractivity contribution in [2.75, 3.05) is 0 Å². The molecule has 330 valence electrons. The van der Waals surface area contributed by atoms with E-state index < -0.39 is 0 Å². The molecule has 0 atom stereocenters. The van der Waals surface area contributed by atoms with Gasteiger partial charge in [0.15, 0.2) is 0 Å². The molecule has 0 radical (unpaired) electrons. The first-order valence-corrected chi connectivity index (χ1v) is 24.8. The molecule has 2 nitrogen and oxygen atoms in total. The van der Waals surface area contributed by atoms with Crippen LogP contribution in [0.15, 0.2) is 243 Å². The van der Waals surface area contributed by atoms with E-state index in [1.54, 1.807) is 0 Å². The Kier molecular flexibility index (Phi) is 9.42. The zero-order chi connectivity index (χ0) is 46.2. The van der Waals surface area contributed by atoms with E-state index in [1.165, 1.54) is 114 Å². The van der Waals surface area contributed by atoms with Gasteiger partial charge in [0.1, 0.15) is 5.82 Å². The number of hydrogen-bond donors (Lipinski definition) is 0. The average Bonchev–Trinajstić information content (AvgIpc) is 4.16. The van der Waals surface area contributed by atoms with Gasteiger partial charge in [0, 0.05) is 16.7 Å². The Labute approximate surface area is 408 Å². The zero-order valence-corrected chi connectivity index (χ0v) is 38.8. The smallest absolute Gasteiger partial charge is 0.145 e. The summed E-state index contributed by atoms with van der Waals surface area (Å²) >= 11 is 0. The monoisotopic (exact) mass is 892 g/mol. The predicted molar refractivity (Wildman–Crippen MR) is 293 cm³/mol. The summed E-state index contributed by atoms with van der Waals surface area (Å²) in [7, 11) is 0. The molecular weight excluding hydrogens is 845 g/mol. The fourth-order valence-corrected chi connectivity index (χ4v) is 12.3. The second kappa shape index (κ2) is 16.3. The van der Waals surface area contributed by atoms with E-state index in [-0.39, 0.29) is 5.41 Å². The van der Waals surface area contributed by atoms with Gasteiger partial charge in [0.25, 0.3) is 0 Å². The maximum absolute atomic E-state index is 5.24. The summed E-state index contributed by atoms with van der Waals surface area (Å²) in [5.41, 5.74) is 22.5. The number of para-hydroxylation sites is 1. The van der Waals surface area contributed by atoms with Crippen molar-refractivity contribution < 1.29 is 0 Å². The van der Waals surface area contributed by atoms with E-state index in [1.807, 2.05) is 0 Å². The molecule has 2 heteroatoms. The van der Waals surface area contributed by atoms with E-state index in [0.717, 1.165) is 39.2 Å². The van der Waals surface area contributed by atoms with Crippen LogP contribution < -0.4 is 0 Å². The largest absolute Gasteiger partial charge is 0.292 e. The van der Waals surface area contributed by atoms with Crippen molar-refractivity contribution in [3.63, 3.8) is 0 Å². The van der Waals surface area contributed by atoms with Crippen molar-refractivity contribution in [2.24, 2.45) is 0 Å². The van der Waals surface area contributed by atoms with E-state index in [0.29, 0.717) is 0 Å². The van der Waals surface area contributed by atoms with Crippen LogP contribution in [0.5, 0.6) is 0 Å². The van der Waals surface area contributed by atoms with Gasteiger partial charge in [-0.1, -0.05) is 213 Å². The van der Waals surface area contributed by atoms with E-state index in [4.69, 9.17) is 4.98 Å². The molecule has 14 rings (SSSR count). The second-order valence-electron chi connectivity index (χ2n) is 19.4. The van der Waals surface area contributed by atoms with Crippen LogP contribution in [0, 0.1) is 0 Å². The normalized spacial score (nSPS) is 13.6. The van der Waals surface area contributed by atoms with Crippen LogP contribution >= 0.6 is 0 Å². The fraction of sp³-hybridized carbons (Fsp3) is 0.0735. The maximum Gasteiger partial charge on any atom is 0.145 e. The van der Waals surface area contributed by atoms with Crippen LogP contribution in [-0.2, 0) is 5.41 Å². The number of fused-ring (bicyclic) bond motifs is 8. The van der Waals surface area contributed by atoms with Crippen LogP contribution in [0.4, 0.5) is 0 Å². The molecule has 11 aromatic carbocycles. The Hall–Kier alpha value is -8.59. The molecular formula is C68H48N2. The highest BCUT2D eigenvalue weighted by molar-refractivity contribution is 6.22. The van der Waals surface area contributed by atoms with Crippen LogP contribution in [0.1, 0.15) is 36.8 Å². The number of rotatable bonds is 7. The summed E-state index contributed by atoms with van der Waals surface area (Å²) in [4.78, 5) is 5.24. The lowest BCUT2D eigenvalue weighted by Gasteiger charge is -2.27. The number of aromatic nitrogens is 2. The summed E-state index contributed by atoms with van der Waals surface area (Å²) in [6.07, 6.45) is 5.02. The second-order valence-corrected chi connectivity index (χ2v) is 19.4. The van der Waals surface area contributed by atoms with Gasteiger partial charge in [-0.05, 0) is 155 Å². The van der Waals surface area contributed by atoms with Crippen LogP contribution in [0.3, 0.4) is 0 Å². The molecule has 1 fully saturated rings. The lowest BCUT2D eigenvalue weighted by molar-refractivity contribution is 0.550. The maximum atomic E-state index is 5.24. The minimum absolute atomic E-state index is 0.123. The van der Waals surface area contributed by atoms with Crippen molar-refractivity contribution in [2.45, 2.75) is 31.1 Å². The van der Waals surface area contributed by atoms with Gasteiger partial charge in [-0.2, -0.15) is 0 Å². The number of benzene rings is 11. The highest BCUT2D eigenvalue weighted by atomic mass is 15.1. The molecule has 1 saturated carbocycles. The summed E-state index contributed by atoms with van der Waals surface area (Å²) in [6.45, 7) is 0. The molecule has 0 aliphatic heterocycles. The first kappa shape index (κ1) is 40.5. The average molecular weight is 893 g/mol. The lowest BCUT2D eigenvalue weighted by Crippen LogP contribution is -2.20. The van der Waals surface area contributed by atoms with Gasteiger partial charge in [0.05, 0.1) is 11.0 Å². The Morgan fingerprint density at radius 1 is 0.329 bits per heavy atom. The molecule has 1 spiro atoms. The topological polar surface area (TPSA) is 17.8 Å². The zero-order valence-electron chi connectivity index (χ0n) is 38.8. The molecule has 0 saturated heterocycles. The Morgan fingerprint density at radius 3 is 1.40 bits per heavy atom. The Bertz CT molecular complexity index is 3960. The van der Waals surface area contributed by atoms with Crippen molar-refractivity contribution in [1.82, 2.24) is 9.55 Å². The number of nitrogens with zero attached hydrogens (tertiary/aromatic N) is 2. The third-order valence-corrected chi connectivity index (χ3v) is 15.6. The SMILES string of the molecule is c1ccc(-c2c3ccc(-c4ccc5c(c4)C4(CCCC4)c4ccccc4-5)cc3c(-c3ccccc3)c3ccc(-c4ccc(-c5ccc6c(c5)nc(-c5ccccc5)n6-c5ccccc5)cc4)cc23)cc1. The van der Waals surface area contributed by atoms with Crippen LogP contribution in [0.2, 0.25) is 0 Å². The lowest BCUT2D eigenvalue weighted by atomic mass is 9.76. The van der Waals surface area contributed by atoms with E-state index >= 15 is 0 Å². The van der Waals surface area contributed by atoms with Crippen LogP contribution in [0.25, 0.3) is 116 Å². The molecule has 12 aromatic rings. The summed E-state index contributed by atoms with van der Waals surface area (Å²) in [6, 6.07) is 89.6. The third-order valence-electron chi connectivity index (χ3n) is 15.6. The molecule has 1 heterocycles. The number of imidazole rings is 1. The Balaban J connectivity index is 0.893. The van der Waals surface area contributed by atoms with Gasteiger partial charge in [-0.3, -0.25) is 4.57 Å². The molecule has 0 N–H and O–H groups in total. The highest BCUT2D eigenvalue weighted by Crippen LogP contribution is 2.57. The summed E-state index contributed by atoms with van der Waals surface area (Å²) < 4.78 is 2.27. The standard InChI is InChI=1S/C68H48N2/c1-5-17-47(18-6-1)65-58-37-33-51(52-31-35-56-55-25-13-14-26-61(55)68(62(56)43-52)39-15-16-40-68)42-60(58)66(48-19-7-2-8-20-48)57-36-32-50(41-59(57)65)45-27-29-46(30-28-45)53-34-38-64-63(44-53)69-67(49-21-9-3-10-22-49)70(64)54-23-11-4-12-24-54/h1-14,17-38,41-44H,15-16,39-40H2. The molecule has 70 heavy (non-hydrogen) atoms. The predicted octanol–water partition coefficient (Wildman–Crippen LogP) is 18.2. The minimum atomic E-state index is 0.123. The third kappa shape index (κ3) is 6.44. The van der Waals surface area contributed by atoms with Gasteiger partial charge < -0.3 is 0 Å². The van der Waals surface area contributed by atoms with Gasteiger partial charge in [-0.15, -0.1) is 0 Å². The first-order valence-electron chi connectivity index (χ1n) is 24.8. The molecule has 1 aromatic heterocycles. The molecule has 0 unspecified atom stereocenters. The molecule has 0 amide bonds. The molecule has 2 aliphatic carbocycles. The van der Waals surface area contributed by atoms with Crippen molar-refractivity contribution in [3.05, 3.63) is 254 Å². The van der Waals surface area contributed by atoms with E-state index in [9.17, 15) is 0 Å².